The molecule has 6 heteroatoms. The fourth-order valence-electron chi connectivity index (χ4n) is 0.829. The molecule has 0 radical (unpaired) electrons. The van der Waals surface area contributed by atoms with E-state index in [9.17, 15) is 0 Å². The number of hydrogen-bond acceptors (Lipinski definition) is 0. The van der Waals surface area contributed by atoms with Crippen molar-refractivity contribution in [2.24, 2.45) is 0 Å². The minimum atomic E-state index is -1.39. The highest BCUT2D eigenvalue weighted by atomic mass is 35.5. The van der Waals surface area contributed by atoms with Gasteiger partial charge in [-0.05, 0) is 17.7 Å². The number of alkyl halides is 4. The van der Waals surface area contributed by atoms with Crippen molar-refractivity contribution in [2.75, 3.05) is 0 Å². The van der Waals surface area contributed by atoms with E-state index in [1.807, 2.05) is 0 Å². The molecule has 0 atom stereocenters. The van der Waals surface area contributed by atoms with E-state index in [0.717, 1.165) is 0 Å². The summed E-state index contributed by atoms with van der Waals surface area (Å²) in [5.41, 5.74) is 0.505. The van der Waals surface area contributed by atoms with Gasteiger partial charge in [0.2, 0.25) is 0 Å². The van der Waals surface area contributed by atoms with Crippen molar-refractivity contribution in [2.45, 2.75) is 9.17 Å². The van der Waals surface area contributed by atoms with Crippen molar-refractivity contribution in [1.29, 1.82) is 0 Å². The predicted octanol–water partition coefficient (Wildman–Crippen LogP) is 5.43. The molecule has 0 N–H and O–H groups in total. The normalized spacial score (nSPS) is 12.2. The Hall–Kier alpha value is 0.960. The van der Waals surface area contributed by atoms with Gasteiger partial charge in [-0.25, -0.2) is 0 Å². The van der Waals surface area contributed by atoms with E-state index >= 15 is 0 Å². The van der Waals surface area contributed by atoms with Crippen LogP contribution in [0.1, 0.15) is 5.56 Å². The maximum absolute atomic E-state index is 5.92. The summed E-state index contributed by atoms with van der Waals surface area (Å²) in [5.74, 6) is 0. The average molecular weight is 313 g/mol. The van der Waals surface area contributed by atoms with Crippen LogP contribution in [0.2, 0.25) is 10.0 Å². The first-order chi connectivity index (χ1) is 6.35. The first-order valence-corrected chi connectivity index (χ1v) is 5.85. The van der Waals surface area contributed by atoms with Crippen LogP contribution in [0.25, 0.3) is 0 Å². The molecule has 0 spiro atoms. The van der Waals surface area contributed by atoms with Gasteiger partial charge in [0, 0.05) is 0 Å². The first-order valence-electron chi connectivity index (χ1n) is 3.47. The van der Waals surface area contributed by atoms with Crippen LogP contribution in [0.5, 0.6) is 0 Å². The van der Waals surface area contributed by atoms with Crippen molar-refractivity contribution in [3.63, 3.8) is 0 Å². The molecule has 1 aromatic rings. The van der Waals surface area contributed by atoms with Gasteiger partial charge in [0.25, 0.3) is 0 Å². The fourth-order valence-corrected chi connectivity index (χ4v) is 1.61. The highest BCUT2D eigenvalue weighted by molar-refractivity contribution is 6.59. The Morgan fingerprint density at radius 3 is 2.00 bits per heavy atom. The van der Waals surface area contributed by atoms with Crippen LogP contribution in [0, 0.1) is 0 Å². The first kappa shape index (κ1) is 13.0. The largest absolute Gasteiger partial charge is 0.173 e. The van der Waals surface area contributed by atoms with Gasteiger partial charge in [0.1, 0.15) is 4.84 Å². The summed E-state index contributed by atoms with van der Waals surface area (Å²) >= 11 is 34.6. The topological polar surface area (TPSA) is 0 Å². The van der Waals surface area contributed by atoms with Gasteiger partial charge in [-0.3, -0.25) is 0 Å². The van der Waals surface area contributed by atoms with Crippen LogP contribution in [0.4, 0.5) is 0 Å². The molecule has 0 aliphatic rings. The van der Waals surface area contributed by atoms with Crippen LogP contribution in [0.15, 0.2) is 18.2 Å². The summed E-state index contributed by atoms with van der Waals surface area (Å²) in [4.78, 5) is -0.955. The second kappa shape index (κ2) is 4.86. The van der Waals surface area contributed by atoms with E-state index < -0.39 is 9.17 Å². The highest BCUT2D eigenvalue weighted by Gasteiger charge is 2.34. The van der Waals surface area contributed by atoms with E-state index in [1.165, 1.54) is 6.07 Å². The maximum atomic E-state index is 5.92. The Balaban J connectivity index is 3.14. The quantitative estimate of drug-likeness (QED) is 0.639. The zero-order valence-corrected chi connectivity index (χ0v) is 11.1. The third kappa shape index (κ3) is 2.75. The predicted molar refractivity (Wildman–Crippen MR) is 65.3 cm³/mol. The standard InChI is InChI=1S/C8H4Cl6/c9-5-2-1-4(3-6(5)10)8(13,14)7(11)12/h1-3,7H. The van der Waals surface area contributed by atoms with Crippen molar-refractivity contribution in [1.82, 2.24) is 0 Å². The van der Waals surface area contributed by atoms with Crippen LogP contribution in [-0.4, -0.2) is 4.84 Å². The molecular formula is C8H4Cl6. The van der Waals surface area contributed by atoms with Gasteiger partial charge in [-0.15, -0.1) is 23.2 Å². The summed E-state index contributed by atoms with van der Waals surface area (Å²) in [6.45, 7) is 0. The van der Waals surface area contributed by atoms with Gasteiger partial charge in [-0.1, -0.05) is 52.5 Å². The van der Waals surface area contributed by atoms with E-state index in [4.69, 9.17) is 69.6 Å². The zero-order valence-electron chi connectivity index (χ0n) is 6.58. The summed E-state index contributed by atoms with van der Waals surface area (Å²) in [6.07, 6.45) is 0. The van der Waals surface area contributed by atoms with E-state index in [-0.39, 0.29) is 0 Å². The Labute approximate surface area is 112 Å². The van der Waals surface area contributed by atoms with E-state index in [2.05, 4.69) is 0 Å². The minimum absolute atomic E-state index is 0.351. The van der Waals surface area contributed by atoms with Gasteiger partial charge >= 0.3 is 0 Å². The van der Waals surface area contributed by atoms with Crippen molar-refractivity contribution < 1.29 is 0 Å². The second-order valence-corrected chi connectivity index (χ2v) is 5.85. The Morgan fingerprint density at radius 2 is 1.57 bits per heavy atom. The lowest BCUT2D eigenvalue weighted by molar-refractivity contribution is 0.934. The van der Waals surface area contributed by atoms with E-state index in [0.29, 0.717) is 15.6 Å². The maximum Gasteiger partial charge on any atom is 0.173 e. The minimum Gasteiger partial charge on any atom is -0.102 e. The molecule has 0 aliphatic heterocycles. The van der Waals surface area contributed by atoms with E-state index in [1.54, 1.807) is 12.1 Å². The average Bonchev–Trinajstić information content (AvgIpc) is 2.09. The van der Waals surface area contributed by atoms with Gasteiger partial charge < -0.3 is 0 Å². The van der Waals surface area contributed by atoms with Crippen molar-refractivity contribution in [3.8, 4) is 0 Å². The molecule has 0 saturated carbocycles. The summed E-state index contributed by atoms with van der Waals surface area (Å²) < 4.78 is -1.39. The van der Waals surface area contributed by atoms with Crippen LogP contribution < -0.4 is 0 Å². The van der Waals surface area contributed by atoms with Crippen LogP contribution in [-0.2, 0) is 4.33 Å². The Morgan fingerprint density at radius 1 is 1.00 bits per heavy atom. The molecule has 0 aromatic heterocycles. The molecule has 0 heterocycles. The molecule has 0 saturated heterocycles. The summed E-state index contributed by atoms with van der Waals surface area (Å²) in [7, 11) is 0. The lowest BCUT2D eigenvalue weighted by Gasteiger charge is -2.21. The molecule has 0 unspecified atom stereocenters. The summed E-state index contributed by atoms with van der Waals surface area (Å²) in [6, 6.07) is 4.72. The van der Waals surface area contributed by atoms with Crippen LogP contribution in [0.3, 0.4) is 0 Å². The van der Waals surface area contributed by atoms with Gasteiger partial charge in [0.05, 0.1) is 10.0 Å². The lowest BCUT2D eigenvalue weighted by Crippen LogP contribution is -2.18. The monoisotopic (exact) mass is 310 g/mol. The molecule has 0 amide bonds. The highest BCUT2D eigenvalue weighted by Crippen LogP contribution is 2.43. The molecule has 14 heavy (non-hydrogen) atoms. The molecule has 0 bridgehead atoms. The number of rotatable bonds is 2. The van der Waals surface area contributed by atoms with Crippen molar-refractivity contribution in [3.05, 3.63) is 33.8 Å². The van der Waals surface area contributed by atoms with Crippen LogP contribution >= 0.6 is 69.6 Å². The summed E-state index contributed by atoms with van der Waals surface area (Å²) in [5, 5.41) is 0.768. The lowest BCUT2D eigenvalue weighted by atomic mass is 10.1. The third-order valence-corrected chi connectivity index (χ3v) is 4.29. The molecule has 0 nitrogen and oxygen atoms in total. The number of benzene rings is 1. The molecular weight excluding hydrogens is 309 g/mol. The smallest absolute Gasteiger partial charge is 0.102 e. The molecule has 78 valence electrons. The SMILES string of the molecule is Clc1ccc(C(Cl)(Cl)C(Cl)Cl)cc1Cl. The zero-order chi connectivity index (χ0) is 10.9. The fraction of sp³-hybridized carbons (Fsp3) is 0.250. The number of halogens is 6. The Bertz CT molecular complexity index is 333. The number of hydrogen-bond donors (Lipinski definition) is 0. The molecule has 1 aromatic carbocycles. The molecule has 1 rings (SSSR count). The van der Waals surface area contributed by atoms with Gasteiger partial charge in [-0.2, -0.15) is 0 Å². The second-order valence-electron chi connectivity index (χ2n) is 2.55. The molecule has 0 fully saturated rings. The van der Waals surface area contributed by atoms with Crippen molar-refractivity contribution >= 4 is 69.6 Å². The Kier molecular flexibility index (Phi) is 4.52. The van der Waals surface area contributed by atoms with Gasteiger partial charge in [0.15, 0.2) is 4.33 Å². The third-order valence-electron chi connectivity index (χ3n) is 1.58. The molecule has 0 aliphatic carbocycles.